The highest BCUT2D eigenvalue weighted by Crippen LogP contribution is 2.20. The van der Waals surface area contributed by atoms with Crippen LogP contribution in [0.25, 0.3) is 0 Å². The van der Waals surface area contributed by atoms with E-state index in [1.165, 1.54) is 31.3 Å². The Balaban J connectivity index is 2.04. The van der Waals surface area contributed by atoms with Gasteiger partial charge in [-0.2, -0.15) is 8.78 Å². The molecule has 0 saturated heterocycles. The van der Waals surface area contributed by atoms with Gasteiger partial charge in [0, 0.05) is 0 Å². The topological polar surface area (TPSA) is 80.3 Å². The number of anilines is 1. The normalized spacial score (nSPS) is 11.5. The molecule has 0 aliphatic rings. The smallest absolute Gasteiger partial charge is 0.387 e. The van der Waals surface area contributed by atoms with Gasteiger partial charge in [0.25, 0.3) is 0 Å². The molecule has 1 heterocycles. The maximum Gasteiger partial charge on any atom is 0.387 e. The molecule has 0 aliphatic carbocycles. The SMILES string of the molecule is CNS(=O)(=O)c1ccc(NCc2ccc(OC(F)F)cn2)c(F)c1. The summed E-state index contributed by atoms with van der Waals surface area (Å²) in [5.74, 6) is -0.828. The Morgan fingerprint density at radius 3 is 2.54 bits per heavy atom. The van der Waals surface area contributed by atoms with Crippen molar-refractivity contribution >= 4 is 15.7 Å². The number of halogens is 3. The van der Waals surface area contributed by atoms with E-state index in [4.69, 9.17) is 0 Å². The summed E-state index contributed by atoms with van der Waals surface area (Å²) in [6.07, 6.45) is 1.13. The minimum Gasteiger partial charge on any atom is -0.433 e. The number of nitrogens with one attached hydrogen (secondary N) is 2. The molecule has 0 amide bonds. The van der Waals surface area contributed by atoms with E-state index in [-0.39, 0.29) is 22.9 Å². The third-order valence-electron chi connectivity index (χ3n) is 3.00. The van der Waals surface area contributed by atoms with Crippen LogP contribution in [0.2, 0.25) is 0 Å². The monoisotopic (exact) mass is 361 g/mol. The lowest BCUT2D eigenvalue weighted by Gasteiger charge is -2.10. The molecular formula is C14H14F3N3O3S. The lowest BCUT2D eigenvalue weighted by Crippen LogP contribution is -2.18. The number of benzene rings is 1. The summed E-state index contributed by atoms with van der Waals surface area (Å²) in [5.41, 5.74) is 0.544. The highest BCUT2D eigenvalue weighted by molar-refractivity contribution is 7.89. The first-order valence-electron chi connectivity index (χ1n) is 6.68. The summed E-state index contributed by atoms with van der Waals surface area (Å²) in [4.78, 5) is 3.70. The molecule has 2 aromatic rings. The predicted molar refractivity (Wildman–Crippen MR) is 80.8 cm³/mol. The molecular weight excluding hydrogens is 347 g/mol. The first-order chi connectivity index (χ1) is 11.3. The Kier molecular flexibility index (Phi) is 5.62. The molecule has 6 nitrogen and oxygen atoms in total. The van der Waals surface area contributed by atoms with E-state index in [0.29, 0.717) is 5.69 Å². The van der Waals surface area contributed by atoms with E-state index < -0.39 is 22.5 Å². The number of pyridine rings is 1. The van der Waals surface area contributed by atoms with Gasteiger partial charge >= 0.3 is 6.61 Å². The van der Waals surface area contributed by atoms with Gasteiger partial charge in [-0.15, -0.1) is 0 Å². The molecule has 0 spiro atoms. The molecule has 0 aliphatic heterocycles. The Hall–Kier alpha value is -2.33. The lowest BCUT2D eigenvalue weighted by atomic mass is 10.3. The second-order valence-corrected chi connectivity index (χ2v) is 6.45. The second kappa shape index (κ2) is 7.49. The number of ether oxygens (including phenoxy) is 1. The predicted octanol–water partition coefficient (Wildman–Crippen LogP) is 2.34. The van der Waals surface area contributed by atoms with E-state index in [1.54, 1.807) is 0 Å². The molecule has 0 atom stereocenters. The maximum absolute atomic E-state index is 13.9. The van der Waals surface area contributed by atoms with Gasteiger partial charge in [-0.1, -0.05) is 0 Å². The van der Waals surface area contributed by atoms with Gasteiger partial charge in [-0.05, 0) is 37.4 Å². The van der Waals surface area contributed by atoms with Crippen molar-refractivity contribution in [3.8, 4) is 5.75 Å². The minimum absolute atomic E-state index is 0.0819. The first kappa shape index (κ1) is 18.0. The van der Waals surface area contributed by atoms with Crippen LogP contribution in [0, 0.1) is 5.82 Å². The standard InChI is InChI=1S/C14H14F3N3O3S/c1-18-24(21,22)11-4-5-13(12(15)6-11)20-7-9-2-3-10(8-19-9)23-14(16)17/h2-6,8,14,18,20H,7H2,1H3. The molecule has 1 aromatic heterocycles. The Morgan fingerprint density at radius 1 is 1.25 bits per heavy atom. The van der Waals surface area contributed by atoms with Crippen molar-refractivity contribution in [2.45, 2.75) is 18.1 Å². The van der Waals surface area contributed by atoms with Crippen molar-refractivity contribution in [3.63, 3.8) is 0 Å². The molecule has 130 valence electrons. The first-order valence-corrected chi connectivity index (χ1v) is 8.17. The molecule has 10 heteroatoms. The summed E-state index contributed by atoms with van der Waals surface area (Å²) in [6.45, 7) is -2.82. The average molecular weight is 361 g/mol. The van der Waals surface area contributed by atoms with E-state index in [2.05, 4.69) is 19.8 Å². The van der Waals surface area contributed by atoms with Gasteiger partial charge in [-0.3, -0.25) is 4.98 Å². The van der Waals surface area contributed by atoms with Gasteiger partial charge in [0.15, 0.2) is 0 Å². The summed E-state index contributed by atoms with van der Waals surface area (Å²) in [6, 6.07) is 6.19. The minimum atomic E-state index is -3.72. The second-order valence-electron chi connectivity index (χ2n) is 4.57. The zero-order valence-corrected chi connectivity index (χ0v) is 13.3. The van der Waals surface area contributed by atoms with Crippen molar-refractivity contribution in [2.24, 2.45) is 0 Å². The van der Waals surface area contributed by atoms with Crippen molar-refractivity contribution < 1.29 is 26.3 Å². The molecule has 2 rings (SSSR count). The number of rotatable bonds is 7. The largest absolute Gasteiger partial charge is 0.433 e. The molecule has 2 N–H and O–H groups in total. The Labute approximate surface area is 136 Å². The molecule has 24 heavy (non-hydrogen) atoms. The number of hydrogen-bond acceptors (Lipinski definition) is 5. The van der Waals surface area contributed by atoms with Gasteiger partial charge in [0.2, 0.25) is 10.0 Å². The molecule has 0 fully saturated rings. The van der Waals surface area contributed by atoms with Crippen LogP contribution in [0.15, 0.2) is 41.4 Å². The fourth-order valence-corrected chi connectivity index (χ4v) is 2.54. The Bertz CT molecular complexity index is 799. The van der Waals surface area contributed by atoms with Crippen LogP contribution in [0.1, 0.15) is 5.69 Å². The van der Waals surface area contributed by atoms with Crippen LogP contribution >= 0.6 is 0 Å². The van der Waals surface area contributed by atoms with E-state index in [1.807, 2.05) is 0 Å². The van der Waals surface area contributed by atoms with Crippen LogP contribution in [0.5, 0.6) is 5.75 Å². The summed E-state index contributed by atoms with van der Waals surface area (Å²) in [7, 11) is -2.50. The molecule has 1 aromatic carbocycles. The van der Waals surface area contributed by atoms with E-state index in [0.717, 1.165) is 12.3 Å². The number of sulfonamides is 1. The van der Waals surface area contributed by atoms with Gasteiger partial charge in [0.05, 0.1) is 29.0 Å². The molecule has 0 saturated carbocycles. The number of aromatic nitrogens is 1. The van der Waals surface area contributed by atoms with Gasteiger partial charge in [0.1, 0.15) is 11.6 Å². The third-order valence-corrected chi connectivity index (χ3v) is 4.41. The highest BCUT2D eigenvalue weighted by Gasteiger charge is 2.14. The highest BCUT2D eigenvalue weighted by atomic mass is 32.2. The van der Waals surface area contributed by atoms with Crippen LogP contribution in [-0.2, 0) is 16.6 Å². The quantitative estimate of drug-likeness (QED) is 0.791. The van der Waals surface area contributed by atoms with Crippen molar-refractivity contribution in [1.29, 1.82) is 0 Å². The van der Waals surface area contributed by atoms with E-state index >= 15 is 0 Å². The third kappa shape index (κ3) is 4.59. The number of alkyl halides is 2. The van der Waals surface area contributed by atoms with Gasteiger partial charge < -0.3 is 10.1 Å². The zero-order chi connectivity index (χ0) is 17.7. The molecule has 0 radical (unpaired) electrons. The van der Waals surface area contributed by atoms with Crippen molar-refractivity contribution in [2.75, 3.05) is 12.4 Å². The lowest BCUT2D eigenvalue weighted by molar-refractivity contribution is -0.0500. The van der Waals surface area contributed by atoms with Crippen LogP contribution in [-0.4, -0.2) is 27.1 Å². The van der Waals surface area contributed by atoms with Gasteiger partial charge in [-0.25, -0.2) is 17.5 Å². The average Bonchev–Trinajstić information content (AvgIpc) is 2.54. The van der Waals surface area contributed by atoms with Crippen molar-refractivity contribution in [3.05, 3.63) is 48.0 Å². The van der Waals surface area contributed by atoms with Crippen LogP contribution in [0.3, 0.4) is 0 Å². The number of hydrogen-bond donors (Lipinski definition) is 2. The maximum atomic E-state index is 13.9. The van der Waals surface area contributed by atoms with Crippen molar-refractivity contribution in [1.82, 2.24) is 9.71 Å². The fraction of sp³-hybridized carbons (Fsp3) is 0.214. The van der Waals surface area contributed by atoms with Crippen LogP contribution in [0.4, 0.5) is 18.9 Å². The Morgan fingerprint density at radius 2 is 2.00 bits per heavy atom. The summed E-state index contributed by atoms with van der Waals surface area (Å²) >= 11 is 0. The van der Waals surface area contributed by atoms with E-state index in [9.17, 15) is 21.6 Å². The molecule has 0 bridgehead atoms. The molecule has 0 unspecified atom stereocenters. The fourth-order valence-electron chi connectivity index (χ4n) is 1.80. The summed E-state index contributed by atoms with van der Waals surface area (Å²) in [5, 5.41) is 2.74. The summed E-state index contributed by atoms with van der Waals surface area (Å²) < 4.78 is 67.4. The zero-order valence-electron chi connectivity index (χ0n) is 12.5. The van der Waals surface area contributed by atoms with Crippen LogP contribution < -0.4 is 14.8 Å². The number of nitrogens with zero attached hydrogens (tertiary/aromatic N) is 1.